The number of amides is 1. The van der Waals surface area contributed by atoms with Crippen LogP contribution in [-0.2, 0) is 0 Å². The Hall–Kier alpha value is -1.62. The molecule has 21 heavy (non-hydrogen) atoms. The maximum absolute atomic E-state index is 12.2. The summed E-state index contributed by atoms with van der Waals surface area (Å²) in [5, 5.41) is 6.24. The normalized spacial score (nSPS) is 10.7. The highest BCUT2D eigenvalue weighted by molar-refractivity contribution is 5.99. The predicted octanol–water partition coefficient (Wildman–Crippen LogP) is 2.37. The first-order chi connectivity index (χ1) is 10.2. The van der Waals surface area contributed by atoms with E-state index in [1.54, 1.807) is 12.4 Å². The lowest BCUT2D eigenvalue weighted by atomic mass is 10.2. The first-order valence-electron chi connectivity index (χ1n) is 7.91. The van der Waals surface area contributed by atoms with Crippen LogP contribution in [0.25, 0.3) is 0 Å². The van der Waals surface area contributed by atoms with Gasteiger partial charge >= 0.3 is 0 Å². The van der Waals surface area contributed by atoms with Crippen molar-refractivity contribution in [1.29, 1.82) is 0 Å². The Morgan fingerprint density at radius 1 is 1.24 bits per heavy atom. The fourth-order valence-electron chi connectivity index (χ4n) is 2.13. The molecule has 0 bridgehead atoms. The number of hydrogen-bond acceptors (Lipinski definition) is 4. The lowest BCUT2D eigenvalue weighted by Crippen LogP contribution is -2.30. The van der Waals surface area contributed by atoms with E-state index in [4.69, 9.17) is 0 Å². The fourth-order valence-corrected chi connectivity index (χ4v) is 2.13. The zero-order valence-electron chi connectivity index (χ0n) is 13.5. The molecule has 0 spiro atoms. The molecule has 1 rings (SSSR count). The molecule has 118 valence electrons. The average Bonchev–Trinajstić information content (AvgIpc) is 2.53. The van der Waals surface area contributed by atoms with Gasteiger partial charge in [0, 0.05) is 25.5 Å². The summed E-state index contributed by atoms with van der Waals surface area (Å²) in [4.78, 5) is 18.6. The Morgan fingerprint density at radius 2 is 2.00 bits per heavy atom. The molecule has 1 aromatic heterocycles. The Morgan fingerprint density at radius 3 is 2.67 bits per heavy atom. The molecular formula is C16H28N4O. The monoisotopic (exact) mass is 292 g/mol. The van der Waals surface area contributed by atoms with Gasteiger partial charge in [-0.25, -0.2) is 0 Å². The zero-order chi connectivity index (χ0) is 15.5. The molecule has 1 heterocycles. The van der Waals surface area contributed by atoms with Crippen LogP contribution < -0.4 is 10.6 Å². The molecule has 0 unspecified atom stereocenters. The number of anilines is 1. The van der Waals surface area contributed by atoms with Crippen LogP contribution in [0.15, 0.2) is 18.5 Å². The molecule has 0 saturated heterocycles. The van der Waals surface area contributed by atoms with Gasteiger partial charge in [0.1, 0.15) is 0 Å². The molecule has 0 radical (unpaired) electrons. The van der Waals surface area contributed by atoms with Crippen molar-refractivity contribution in [3.8, 4) is 0 Å². The molecule has 5 heteroatoms. The minimum absolute atomic E-state index is 0.0544. The summed E-state index contributed by atoms with van der Waals surface area (Å²) >= 11 is 0. The summed E-state index contributed by atoms with van der Waals surface area (Å²) in [5.74, 6) is -0.0544. The Labute approximate surface area is 128 Å². The molecule has 2 N–H and O–H groups in total. The number of aromatic nitrogens is 1. The van der Waals surface area contributed by atoms with E-state index in [0.717, 1.165) is 44.7 Å². The van der Waals surface area contributed by atoms with E-state index < -0.39 is 0 Å². The van der Waals surface area contributed by atoms with Crippen molar-refractivity contribution >= 4 is 11.6 Å². The van der Waals surface area contributed by atoms with Crippen molar-refractivity contribution < 1.29 is 4.79 Å². The second kappa shape index (κ2) is 10.2. The van der Waals surface area contributed by atoms with Crippen molar-refractivity contribution in [2.24, 2.45) is 0 Å². The first kappa shape index (κ1) is 17.4. The third-order valence-corrected chi connectivity index (χ3v) is 3.46. The number of nitrogens with zero attached hydrogens (tertiary/aromatic N) is 2. The van der Waals surface area contributed by atoms with E-state index in [2.05, 4.69) is 41.3 Å². The van der Waals surface area contributed by atoms with Crippen molar-refractivity contribution in [1.82, 2.24) is 15.2 Å². The summed E-state index contributed by atoms with van der Waals surface area (Å²) in [6.45, 7) is 11.1. The van der Waals surface area contributed by atoms with Crippen molar-refractivity contribution in [2.45, 2.75) is 33.6 Å². The summed E-state index contributed by atoms with van der Waals surface area (Å²) < 4.78 is 0. The summed E-state index contributed by atoms with van der Waals surface area (Å²) in [6, 6.07) is 1.85. The Kier molecular flexibility index (Phi) is 8.43. The molecule has 5 nitrogen and oxygen atoms in total. The molecule has 0 fully saturated rings. The lowest BCUT2D eigenvalue weighted by molar-refractivity contribution is 0.0952. The van der Waals surface area contributed by atoms with Crippen molar-refractivity contribution in [3.63, 3.8) is 0 Å². The number of pyridine rings is 1. The average molecular weight is 292 g/mol. The lowest BCUT2D eigenvalue weighted by Gasteiger charge is -2.17. The molecule has 1 aromatic rings. The van der Waals surface area contributed by atoms with Crippen LogP contribution >= 0.6 is 0 Å². The van der Waals surface area contributed by atoms with Crippen LogP contribution in [0.1, 0.15) is 44.0 Å². The highest BCUT2D eigenvalue weighted by atomic mass is 16.1. The standard InChI is InChI=1S/C16H28N4O/c1-4-9-18-15-8-11-17-13-14(15)16(21)19-10-7-12-20(5-2)6-3/h8,11,13H,4-7,9-10,12H2,1-3H3,(H,17,18)(H,19,21). The summed E-state index contributed by atoms with van der Waals surface area (Å²) in [5.41, 5.74) is 1.47. The largest absolute Gasteiger partial charge is 0.384 e. The quantitative estimate of drug-likeness (QED) is 0.650. The van der Waals surface area contributed by atoms with Gasteiger partial charge in [-0.1, -0.05) is 20.8 Å². The molecule has 0 atom stereocenters. The number of carbonyl (C=O) groups is 1. The van der Waals surface area contributed by atoms with E-state index in [1.165, 1.54) is 0 Å². The fraction of sp³-hybridized carbons (Fsp3) is 0.625. The molecule has 0 aromatic carbocycles. The minimum atomic E-state index is -0.0544. The van der Waals surface area contributed by atoms with Crippen LogP contribution in [0.4, 0.5) is 5.69 Å². The van der Waals surface area contributed by atoms with Crippen LogP contribution in [0.5, 0.6) is 0 Å². The maximum Gasteiger partial charge on any atom is 0.254 e. The van der Waals surface area contributed by atoms with Crippen LogP contribution in [-0.4, -0.2) is 48.5 Å². The van der Waals surface area contributed by atoms with Crippen LogP contribution in [0, 0.1) is 0 Å². The Balaban J connectivity index is 2.44. The topological polar surface area (TPSA) is 57.3 Å². The van der Waals surface area contributed by atoms with E-state index in [9.17, 15) is 4.79 Å². The van der Waals surface area contributed by atoms with E-state index in [1.807, 2.05) is 6.07 Å². The molecule has 0 aliphatic heterocycles. The van der Waals surface area contributed by atoms with E-state index in [0.29, 0.717) is 12.1 Å². The van der Waals surface area contributed by atoms with Gasteiger partial charge in [0.25, 0.3) is 5.91 Å². The SMILES string of the molecule is CCCNc1ccncc1C(=O)NCCCN(CC)CC. The number of nitrogens with one attached hydrogen (secondary N) is 2. The maximum atomic E-state index is 12.2. The van der Waals surface area contributed by atoms with Gasteiger partial charge in [-0.05, 0) is 38.5 Å². The number of hydrogen-bond donors (Lipinski definition) is 2. The third kappa shape index (κ3) is 6.12. The number of rotatable bonds is 10. The van der Waals surface area contributed by atoms with E-state index >= 15 is 0 Å². The van der Waals surface area contributed by atoms with Gasteiger partial charge in [-0.15, -0.1) is 0 Å². The minimum Gasteiger partial charge on any atom is -0.384 e. The molecule has 0 aliphatic rings. The van der Waals surface area contributed by atoms with Gasteiger partial charge in [-0.2, -0.15) is 0 Å². The van der Waals surface area contributed by atoms with Gasteiger partial charge < -0.3 is 15.5 Å². The van der Waals surface area contributed by atoms with Gasteiger partial charge in [-0.3, -0.25) is 9.78 Å². The molecule has 1 amide bonds. The summed E-state index contributed by atoms with van der Waals surface area (Å²) in [6.07, 6.45) is 5.31. The number of carbonyl (C=O) groups excluding carboxylic acids is 1. The van der Waals surface area contributed by atoms with Crippen LogP contribution in [0.3, 0.4) is 0 Å². The first-order valence-corrected chi connectivity index (χ1v) is 7.91. The highest BCUT2D eigenvalue weighted by Gasteiger charge is 2.10. The van der Waals surface area contributed by atoms with Crippen LogP contribution in [0.2, 0.25) is 0 Å². The van der Waals surface area contributed by atoms with Gasteiger partial charge in [0.15, 0.2) is 0 Å². The van der Waals surface area contributed by atoms with Gasteiger partial charge in [0.2, 0.25) is 0 Å². The van der Waals surface area contributed by atoms with E-state index in [-0.39, 0.29) is 5.91 Å². The second-order valence-electron chi connectivity index (χ2n) is 4.98. The third-order valence-electron chi connectivity index (χ3n) is 3.46. The van der Waals surface area contributed by atoms with Crippen molar-refractivity contribution in [2.75, 3.05) is 38.0 Å². The molecule has 0 aliphatic carbocycles. The highest BCUT2D eigenvalue weighted by Crippen LogP contribution is 2.13. The van der Waals surface area contributed by atoms with Crippen molar-refractivity contribution in [3.05, 3.63) is 24.0 Å². The molecule has 0 saturated carbocycles. The molecular weight excluding hydrogens is 264 g/mol. The predicted molar refractivity (Wildman–Crippen MR) is 87.8 cm³/mol. The summed E-state index contributed by atoms with van der Waals surface area (Å²) in [7, 11) is 0. The smallest absolute Gasteiger partial charge is 0.254 e. The van der Waals surface area contributed by atoms with Gasteiger partial charge in [0.05, 0.1) is 11.3 Å². The zero-order valence-corrected chi connectivity index (χ0v) is 13.5. The Bertz CT molecular complexity index is 418. The second-order valence-corrected chi connectivity index (χ2v) is 4.98.